The average molecular weight is 874 g/mol. The highest BCUT2D eigenvalue weighted by molar-refractivity contribution is 6.10. The molecule has 330 valence electrons. The lowest BCUT2D eigenvalue weighted by molar-refractivity contribution is 0.670. The Morgan fingerprint density at radius 3 is 1.61 bits per heavy atom. The molecule has 0 bridgehead atoms. The molecule has 0 spiro atoms. The Morgan fingerprint density at radius 1 is 0.537 bits per heavy atom. The summed E-state index contributed by atoms with van der Waals surface area (Å²) in [5, 5.41) is 17.6. The number of nitrogens with zero attached hydrogens (tertiary/aromatic N) is 3. The van der Waals surface area contributed by atoms with Crippen LogP contribution in [0.2, 0.25) is 0 Å². The van der Waals surface area contributed by atoms with Crippen molar-refractivity contribution < 1.29 is 4.42 Å². The number of hydrogen-bond donors (Lipinski definition) is 2. The van der Waals surface area contributed by atoms with Gasteiger partial charge >= 0.3 is 0 Å². The maximum Gasteiger partial charge on any atom is 0.151 e. The van der Waals surface area contributed by atoms with E-state index in [1.165, 1.54) is 60.4 Å². The maximum absolute atomic E-state index is 7.25. The highest BCUT2D eigenvalue weighted by atomic mass is 16.3. The van der Waals surface area contributed by atoms with E-state index in [9.17, 15) is 0 Å². The van der Waals surface area contributed by atoms with Crippen molar-refractivity contribution in [3.05, 3.63) is 240 Å². The highest BCUT2D eigenvalue weighted by Crippen LogP contribution is 2.37. The van der Waals surface area contributed by atoms with E-state index in [1.807, 2.05) is 66.8 Å². The molecular weight excluding hydrogens is 819 g/mol. The van der Waals surface area contributed by atoms with Gasteiger partial charge in [0.15, 0.2) is 5.84 Å². The summed E-state index contributed by atoms with van der Waals surface area (Å²) in [6.07, 6.45) is 11.9. The third-order valence-electron chi connectivity index (χ3n) is 11.7. The molecule has 6 nitrogen and oxygen atoms in total. The van der Waals surface area contributed by atoms with Gasteiger partial charge in [0, 0.05) is 55.4 Å². The molecule has 0 aliphatic rings. The Kier molecular flexibility index (Phi) is 14.8. The van der Waals surface area contributed by atoms with Crippen LogP contribution in [0.5, 0.6) is 0 Å². The molecule has 0 unspecified atom stereocenters. The molecule has 0 amide bonds. The normalized spacial score (nSPS) is 10.9. The first-order valence-corrected chi connectivity index (χ1v) is 22.1. The van der Waals surface area contributed by atoms with Gasteiger partial charge in [0.05, 0.1) is 11.0 Å². The van der Waals surface area contributed by atoms with Crippen molar-refractivity contribution in [2.24, 2.45) is 4.99 Å². The second-order valence-corrected chi connectivity index (χ2v) is 16.0. The minimum Gasteiger partial charge on any atom is -0.455 e. The van der Waals surface area contributed by atoms with E-state index in [0.29, 0.717) is 0 Å². The van der Waals surface area contributed by atoms with Gasteiger partial charge in [-0.05, 0) is 112 Å². The van der Waals surface area contributed by atoms with Crippen LogP contribution in [-0.2, 0) is 0 Å². The predicted molar refractivity (Wildman–Crippen MR) is 289 cm³/mol. The van der Waals surface area contributed by atoms with Crippen molar-refractivity contribution in [1.29, 1.82) is 10.8 Å². The zero-order valence-corrected chi connectivity index (χ0v) is 38.6. The molecule has 0 saturated carbocycles. The number of allylic oxidation sites excluding steroid dienone is 4. The number of aryl methyl sites for hydroxylation is 2. The second kappa shape index (κ2) is 21.4. The van der Waals surface area contributed by atoms with Crippen LogP contribution in [0.4, 0.5) is 0 Å². The van der Waals surface area contributed by atoms with Gasteiger partial charge in [0.2, 0.25) is 0 Å². The molecule has 10 rings (SSSR count). The summed E-state index contributed by atoms with van der Waals surface area (Å²) in [7, 11) is 0. The number of benzene rings is 7. The van der Waals surface area contributed by atoms with Gasteiger partial charge in [-0.15, -0.1) is 0 Å². The molecule has 0 radical (unpaired) electrons. The van der Waals surface area contributed by atoms with Gasteiger partial charge in [0.1, 0.15) is 11.2 Å². The van der Waals surface area contributed by atoms with E-state index in [1.54, 1.807) is 0 Å². The van der Waals surface area contributed by atoms with Crippen molar-refractivity contribution in [2.75, 3.05) is 0 Å². The fourth-order valence-corrected chi connectivity index (χ4v) is 8.44. The standard InChI is InChI=1S/C33H30N2.C19H14O.C8H8N2.CH3N/c1-6-8-16-30-24(4)25(5)31(17-9-7-2)34(30)26-20-23(3)21-27(22-26)35-32-18-12-10-14-28(32)29-15-11-13-19-33(29)35;1-13-9-11-14(12-10-13)15-6-4-7-17-16-5-2-3-8-18(16)20-19(15)17;1-10-8(9)7-5-3-2-4-6-7;1-2/h6-22H,1-2H2,3-5H3;2-12H,1H3;2-6,9H,1H2;2H,1H2/b16-8-,17-9-;;;. The van der Waals surface area contributed by atoms with Gasteiger partial charge < -0.3 is 19.0 Å². The Morgan fingerprint density at radius 2 is 1.04 bits per heavy atom. The summed E-state index contributed by atoms with van der Waals surface area (Å²) in [5.74, 6) is 0.223. The van der Waals surface area contributed by atoms with E-state index in [2.05, 4.69) is 202 Å². The second-order valence-electron chi connectivity index (χ2n) is 16.0. The molecule has 10 aromatic rings. The molecule has 2 N–H and O–H groups in total. The van der Waals surface area contributed by atoms with Gasteiger partial charge in [-0.1, -0.05) is 170 Å². The molecule has 7 aromatic carbocycles. The molecule has 3 aromatic heterocycles. The minimum atomic E-state index is 0.223. The van der Waals surface area contributed by atoms with Crippen LogP contribution in [-0.4, -0.2) is 28.4 Å². The van der Waals surface area contributed by atoms with Crippen LogP contribution in [0.1, 0.15) is 39.2 Å². The zero-order valence-electron chi connectivity index (χ0n) is 38.6. The molecule has 67 heavy (non-hydrogen) atoms. The van der Waals surface area contributed by atoms with Gasteiger partial charge in [-0.2, -0.15) is 0 Å². The summed E-state index contributed by atoms with van der Waals surface area (Å²) >= 11 is 0. The summed E-state index contributed by atoms with van der Waals surface area (Å²) in [6.45, 7) is 22.2. The van der Waals surface area contributed by atoms with E-state index >= 15 is 0 Å². The highest BCUT2D eigenvalue weighted by Gasteiger charge is 2.18. The molecule has 0 aliphatic heterocycles. The van der Waals surface area contributed by atoms with E-state index in [0.717, 1.165) is 45.1 Å². The molecule has 0 aliphatic carbocycles. The van der Waals surface area contributed by atoms with Crippen LogP contribution in [0.3, 0.4) is 0 Å². The van der Waals surface area contributed by atoms with E-state index < -0.39 is 0 Å². The summed E-state index contributed by atoms with van der Waals surface area (Å²) in [4.78, 5) is 3.49. The molecule has 6 heteroatoms. The fraction of sp³-hybridized carbons (Fsp3) is 0.0656. The Hall–Kier alpha value is -8.61. The smallest absolute Gasteiger partial charge is 0.151 e. The number of furan rings is 1. The number of rotatable bonds is 8. The largest absolute Gasteiger partial charge is 0.455 e. The number of aliphatic imine (C=N–C) groups is 1. The number of para-hydroxylation sites is 4. The first kappa shape index (κ1) is 46.4. The molecule has 0 atom stereocenters. The zero-order chi connectivity index (χ0) is 47.5. The first-order valence-electron chi connectivity index (χ1n) is 22.1. The fourth-order valence-electron chi connectivity index (χ4n) is 8.44. The van der Waals surface area contributed by atoms with Crippen molar-refractivity contribution in [1.82, 2.24) is 9.13 Å². The predicted octanol–water partition coefficient (Wildman–Crippen LogP) is 16.4. The third kappa shape index (κ3) is 9.75. The Balaban J connectivity index is 0.000000173. The number of nitrogens with one attached hydrogen (secondary N) is 2. The quantitative estimate of drug-likeness (QED) is 0.0890. The minimum absolute atomic E-state index is 0.223. The Bertz CT molecular complexity index is 3350. The van der Waals surface area contributed by atoms with Crippen molar-refractivity contribution >= 4 is 75.2 Å². The molecule has 0 saturated heterocycles. The third-order valence-corrected chi connectivity index (χ3v) is 11.7. The SMILES string of the molecule is C=C/C=C\c1c(C)c(C)c(/C=C\C=C)n1-c1cc(C)cc(-n2c3ccccc3c3ccccc32)c1.C=N.C=NC(=N)c1ccccc1.Cc1ccc(-c2cccc3c2oc2ccccc23)cc1. The molecular formula is C61H55N5O. The Labute approximate surface area is 393 Å². The van der Waals surface area contributed by atoms with Crippen LogP contribution < -0.4 is 0 Å². The summed E-state index contributed by atoms with van der Waals surface area (Å²) in [6, 6.07) is 56.5. The number of fused-ring (bicyclic) bond motifs is 6. The van der Waals surface area contributed by atoms with Crippen molar-refractivity contribution in [3.63, 3.8) is 0 Å². The topological polar surface area (TPSA) is 83.1 Å². The summed E-state index contributed by atoms with van der Waals surface area (Å²) < 4.78 is 10.8. The molecule has 3 heterocycles. The monoisotopic (exact) mass is 873 g/mol. The lowest BCUT2D eigenvalue weighted by Gasteiger charge is -2.16. The lowest BCUT2D eigenvalue weighted by atomic mass is 10.0. The number of aromatic nitrogens is 2. The van der Waals surface area contributed by atoms with Crippen molar-refractivity contribution in [3.8, 4) is 22.5 Å². The molecule has 0 fully saturated rings. The van der Waals surface area contributed by atoms with Gasteiger partial charge in [-0.25, -0.2) is 4.99 Å². The first-order chi connectivity index (χ1) is 32.7. The van der Waals surface area contributed by atoms with Gasteiger partial charge in [-0.3, -0.25) is 5.41 Å². The number of amidine groups is 1. The van der Waals surface area contributed by atoms with Crippen LogP contribution in [0, 0.1) is 38.5 Å². The van der Waals surface area contributed by atoms with Gasteiger partial charge in [0.25, 0.3) is 0 Å². The van der Waals surface area contributed by atoms with Crippen LogP contribution in [0.25, 0.3) is 78.4 Å². The average Bonchev–Trinajstić information content (AvgIpc) is 4.00. The lowest BCUT2D eigenvalue weighted by Crippen LogP contribution is -2.03. The number of hydrogen-bond acceptors (Lipinski definition) is 3. The van der Waals surface area contributed by atoms with E-state index in [4.69, 9.17) is 15.2 Å². The maximum atomic E-state index is 7.25. The van der Waals surface area contributed by atoms with Crippen LogP contribution in [0.15, 0.2) is 211 Å². The van der Waals surface area contributed by atoms with Crippen LogP contribution >= 0.6 is 0 Å². The summed E-state index contributed by atoms with van der Waals surface area (Å²) in [5.41, 5.74) is 17.1. The van der Waals surface area contributed by atoms with Crippen molar-refractivity contribution in [2.45, 2.75) is 27.7 Å². The van der Waals surface area contributed by atoms with E-state index in [-0.39, 0.29) is 5.84 Å².